The SMILES string of the molecule is CC1CN(CC(C)C(=O)O)C1. The zero-order chi connectivity index (χ0) is 8.43. The van der Waals surface area contributed by atoms with E-state index in [0.29, 0.717) is 6.54 Å². The lowest BCUT2D eigenvalue weighted by Gasteiger charge is -2.38. The smallest absolute Gasteiger partial charge is 0.307 e. The molecule has 0 aromatic heterocycles. The van der Waals surface area contributed by atoms with Crippen LogP contribution in [0.15, 0.2) is 0 Å². The molecule has 0 aliphatic carbocycles. The molecule has 0 aromatic rings. The highest BCUT2D eigenvalue weighted by Gasteiger charge is 2.25. The highest BCUT2D eigenvalue weighted by molar-refractivity contribution is 5.69. The Hall–Kier alpha value is -0.570. The van der Waals surface area contributed by atoms with E-state index in [1.54, 1.807) is 6.92 Å². The standard InChI is InChI=1S/C8H15NO2/c1-6-3-9(4-6)5-7(2)8(10)11/h6-7H,3-5H2,1-2H3,(H,10,11). The molecule has 1 N–H and O–H groups in total. The number of likely N-dealkylation sites (tertiary alicyclic amines) is 1. The summed E-state index contributed by atoms with van der Waals surface area (Å²) < 4.78 is 0. The summed E-state index contributed by atoms with van der Waals surface area (Å²) in [6.07, 6.45) is 0. The molecule has 0 spiro atoms. The van der Waals surface area contributed by atoms with Gasteiger partial charge >= 0.3 is 5.97 Å². The lowest BCUT2D eigenvalue weighted by Crippen LogP contribution is -2.47. The van der Waals surface area contributed by atoms with Crippen molar-refractivity contribution >= 4 is 5.97 Å². The van der Waals surface area contributed by atoms with Gasteiger partial charge in [-0.2, -0.15) is 0 Å². The molecule has 3 heteroatoms. The molecule has 1 heterocycles. The predicted octanol–water partition coefficient (Wildman–Crippen LogP) is 0.659. The zero-order valence-electron chi connectivity index (χ0n) is 7.08. The van der Waals surface area contributed by atoms with E-state index in [0.717, 1.165) is 19.0 Å². The number of carboxylic acids is 1. The fourth-order valence-electron chi connectivity index (χ4n) is 1.44. The maximum absolute atomic E-state index is 10.4. The highest BCUT2D eigenvalue weighted by Crippen LogP contribution is 2.15. The average molecular weight is 157 g/mol. The second-order valence-corrected chi connectivity index (χ2v) is 3.56. The normalized spacial score (nSPS) is 22.7. The lowest BCUT2D eigenvalue weighted by molar-refractivity contribution is -0.142. The summed E-state index contributed by atoms with van der Waals surface area (Å²) in [4.78, 5) is 12.6. The fourth-order valence-corrected chi connectivity index (χ4v) is 1.44. The van der Waals surface area contributed by atoms with Crippen LogP contribution in [0, 0.1) is 11.8 Å². The number of aliphatic carboxylic acids is 1. The van der Waals surface area contributed by atoms with Crippen LogP contribution in [0.5, 0.6) is 0 Å². The van der Waals surface area contributed by atoms with Crippen molar-refractivity contribution in [1.29, 1.82) is 0 Å². The van der Waals surface area contributed by atoms with Crippen LogP contribution in [-0.4, -0.2) is 35.6 Å². The number of carboxylic acid groups (broad SMARTS) is 1. The third-order valence-electron chi connectivity index (χ3n) is 2.09. The first-order chi connectivity index (χ1) is 5.09. The molecule has 0 radical (unpaired) electrons. The molecule has 0 amide bonds. The number of carbonyl (C=O) groups is 1. The van der Waals surface area contributed by atoms with Crippen molar-refractivity contribution in [2.24, 2.45) is 11.8 Å². The minimum Gasteiger partial charge on any atom is -0.481 e. The third kappa shape index (κ3) is 2.19. The molecule has 3 nitrogen and oxygen atoms in total. The van der Waals surface area contributed by atoms with Crippen LogP contribution < -0.4 is 0 Å². The van der Waals surface area contributed by atoms with E-state index in [1.807, 2.05) is 0 Å². The van der Waals surface area contributed by atoms with Crippen molar-refractivity contribution in [3.63, 3.8) is 0 Å². The molecule has 1 unspecified atom stereocenters. The Bertz CT molecular complexity index is 152. The molecule has 1 rings (SSSR count). The van der Waals surface area contributed by atoms with E-state index >= 15 is 0 Å². The lowest BCUT2D eigenvalue weighted by atomic mass is 10.0. The average Bonchev–Trinajstić information content (AvgIpc) is 1.84. The summed E-state index contributed by atoms with van der Waals surface area (Å²) in [6, 6.07) is 0. The Morgan fingerprint density at radius 3 is 2.64 bits per heavy atom. The van der Waals surface area contributed by atoms with Crippen molar-refractivity contribution in [3.05, 3.63) is 0 Å². The number of hydrogen-bond acceptors (Lipinski definition) is 2. The Kier molecular flexibility index (Phi) is 2.49. The summed E-state index contributed by atoms with van der Waals surface area (Å²) >= 11 is 0. The van der Waals surface area contributed by atoms with Gasteiger partial charge in [0.1, 0.15) is 0 Å². The van der Waals surface area contributed by atoms with Crippen molar-refractivity contribution in [2.75, 3.05) is 19.6 Å². The molecule has 0 bridgehead atoms. The molecule has 1 aliphatic rings. The Morgan fingerprint density at radius 2 is 2.27 bits per heavy atom. The molecule has 1 aliphatic heterocycles. The van der Waals surface area contributed by atoms with Gasteiger partial charge in [0.05, 0.1) is 5.92 Å². The van der Waals surface area contributed by atoms with Crippen LogP contribution in [0.4, 0.5) is 0 Å². The van der Waals surface area contributed by atoms with Crippen LogP contribution in [0.3, 0.4) is 0 Å². The van der Waals surface area contributed by atoms with Gasteiger partial charge in [0.15, 0.2) is 0 Å². The van der Waals surface area contributed by atoms with Crippen LogP contribution in [0.2, 0.25) is 0 Å². The zero-order valence-corrected chi connectivity index (χ0v) is 7.08. The molecule has 1 fully saturated rings. The van der Waals surface area contributed by atoms with Gasteiger partial charge < -0.3 is 10.0 Å². The second kappa shape index (κ2) is 3.22. The van der Waals surface area contributed by atoms with Gasteiger partial charge in [-0.05, 0) is 5.92 Å². The highest BCUT2D eigenvalue weighted by atomic mass is 16.4. The van der Waals surface area contributed by atoms with Gasteiger partial charge in [0.25, 0.3) is 0 Å². The minimum atomic E-state index is -0.690. The van der Waals surface area contributed by atoms with Gasteiger partial charge in [0.2, 0.25) is 0 Å². The van der Waals surface area contributed by atoms with E-state index in [9.17, 15) is 4.79 Å². The van der Waals surface area contributed by atoms with E-state index in [2.05, 4.69) is 11.8 Å². The first-order valence-corrected chi connectivity index (χ1v) is 4.04. The van der Waals surface area contributed by atoms with Crippen LogP contribution in [-0.2, 0) is 4.79 Å². The van der Waals surface area contributed by atoms with Crippen LogP contribution in [0.25, 0.3) is 0 Å². The quantitative estimate of drug-likeness (QED) is 0.654. The first-order valence-electron chi connectivity index (χ1n) is 4.04. The summed E-state index contributed by atoms with van der Waals surface area (Å²) in [5.74, 6) is -0.150. The molecule has 0 aromatic carbocycles. The second-order valence-electron chi connectivity index (χ2n) is 3.56. The van der Waals surface area contributed by atoms with Crippen molar-refractivity contribution in [3.8, 4) is 0 Å². The first kappa shape index (κ1) is 8.53. The van der Waals surface area contributed by atoms with Crippen molar-refractivity contribution < 1.29 is 9.90 Å². The maximum atomic E-state index is 10.4. The Labute approximate surface area is 67.0 Å². The summed E-state index contributed by atoms with van der Waals surface area (Å²) in [5, 5.41) is 8.59. The fraction of sp³-hybridized carbons (Fsp3) is 0.875. The van der Waals surface area contributed by atoms with Gasteiger partial charge in [-0.1, -0.05) is 13.8 Å². The summed E-state index contributed by atoms with van der Waals surface area (Å²) in [5.41, 5.74) is 0. The Balaban J connectivity index is 2.16. The van der Waals surface area contributed by atoms with Gasteiger partial charge in [-0.3, -0.25) is 4.79 Å². The molecule has 64 valence electrons. The van der Waals surface area contributed by atoms with Crippen LogP contribution >= 0.6 is 0 Å². The number of rotatable bonds is 3. The van der Waals surface area contributed by atoms with Crippen molar-refractivity contribution in [2.45, 2.75) is 13.8 Å². The molecular weight excluding hydrogens is 142 g/mol. The van der Waals surface area contributed by atoms with E-state index in [-0.39, 0.29) is 5.92 Å². The number of nitrogens with zero attached hydrogens (tertiary/aromatic N) is 1. The molecule has 11 heavy (non-hydrogen) atoms. The number of hydrogen-bond donors (Lipinski definition) is 1. The maximum Gasteiger partial charge on any atom is 0.307 e. The van der Waals surface area contributed by atoms with Crippen LogP contribution in [0.1, 0.15) is 13.8 Å². The Morgan fingerprint density at radius 1 is 1.73 bits per heavy atom. The van der Waals surface area contributed by atoms with Gasteiger partial charge in [0, 0.05) is 19.6 Å². The van der Waals surface area contributed by atoms with Gasteiger partial charge in [-0.25, -0.2) is 0 Å². The topological polar surface area (TPSA) is 40.5 Å². The van der Waals surface area contributed by atoms with Crippen molar-refractivity contribution in [1.82, 2.24) is 4.90 Å². The van der Waals surface area contributed by atoms with E-state index in [1.165, 1.54) is 0 Å². The molecule has 1 saturated heterocycles. The van der Waals surface area contributed by atoms with Gasteiger partial charge in [-0.15, -0.1) is 0 Å². The summed E-state index contributed by atoms with van der Waals surface area (Å²) in [7, 11) is 0. The molecule has 0 saturated carbocycles. The summed E-state index contributed by atoms with van der Waals surface area (Å²) in [6.45, 7) is 6.78. The minimum absolute atomic E-state index is 0.220. The monoisotopic (exact) mass is 157 g/mol. The largest absolute Gasteiger partial charge is 0.481 e. The molecule has 1 atom stereocenters. The predicted molar refractivity (Wildman–Crippen MR) is 42.4 cm³/mol. The molecular formula is C8H15NO2. The van der Waals surface area contributed by atoms with E-state index in [4.69, 9.17) is 5.11 Å². The van der Waals surface area contributed by atoms with E-state index < -0.39 is 5.97 Å². The third-order valence-corrected chi connectivity index (χ3v) is 2.09.